The number of alkyl halides is 1. The second kappa shape index (κ2) is 7.76. The van der Waals surface area contributed by atoms with Crippen LogP contribution in [0.3, 0.4) is 0 Å². The predicted octanol–water partition coefficient (Wildman–Crippen LogP) is 4.49. The molecule has 1 unspecified atom stereocenters. The van der Waals surface area contributed by atoms with Gasteiger partial charge in [0.1, 0.15) is 0 Å². The zero-order chi connectivity index (χ0) is 15.2. The quantitative estimate of drug-likeness (QED) is 0.722. The Morgan fingerprint density at radius 1 is 1.19 bits per heavy atom. The zero-order valence-electron chi connectivity index (χ0n) is 11.8. The highest BCUT2D eigenvalue weighted by atomic mass is 79.9. The van der Waals surface area contributed by atoms with Crippen molar-refractivity contribution in [1.29, 1.82) is 0 Å². The molecule has 1 N–H and O–H groups in total. The normalized spacial score (nSPS) is 12.0. The number of halogens is 2. The van der Waals surface area contributed by atoms with Crippen LogP contribution in [0.1, 0.15) is 21.5 Å². The summed E-state index contributed by atoms with van der Waals surface area (Å²) in [4.78, 5) is 12.3. The van der Waals surface area contributed by atoms with Crippen LogP contribution in [0.15, 0.2) is 53.0 Å². The van der Waals surface area contributed by atoms with Crippen molar-refractivity contribution >= 4 is 37.8 Å². The van der Waals surface area contributed by atoms with E-state index in [0.29, 0.717) is 5.56 Å². The Kier molecular flexibility index (Phi) is 6.00. The van der Waals surface area contributed by atoms with Crippen LogP contribution in [0.5, 0.6) is 0 Å². The highest BCUT2D eigenvalue weighted by Gasteiger charge is 2.14. The second-order valence-corrected chi connectivity index (χ2v) is 6.48. The summed E-state index contributed by atoms with van der Waals surface area (Å²) >= 11 is 6.93. The lowest BCUT2D eigenvalue weighted by atomic mass is 10.1. The lowest BCUT2D eigenvalue weighted by Gasteiger charge is -2.16. The average Bonchev–Trinajstić information content (AvgIpc) is 2.50. The highest BCUT2D eigenvalue weighted by molar-refractivity contribution is 9.10. The maximum absolute atomic E-state index is 12.3. The fourth-order valence-corrected chi connectivity index (χ4v) is 2.73. The standard InChI is InChI=1S/C17H17Br2NO/c1-12-9-14(7-8-16(12)19)17(21)20-15(11-18)10-13-5-3-2-4-6-13/h2-9,15H,10-11H2,1H3,(H,20,21). The van der Waals surface area contributed by atoms with E-state index in [1.807, 2.05) is 43.3 Å². The lowest BCUT2D eigenvalue weighted by Crippen LogP contribution is -2.37. The molecule has 2 rings (SSSR count). The number of carbonyl (C=O) groups excluding carboxylic acids is 1. The fraction of sp³-hybridized carbons (Fsp3) is 0.235. The third-order valence-electron chi connectivity index (χ3n) is 3.27. The van der Waals surface area contributed by atoms with Crippen molar-refractivity contribution in [2.24, 2.45) is 0 Å². The molecule has 1 amide bonds. The summed E-state index contributed by atoms with van der Waals surface area (Å²) in [5.74, 6) is -0.0361. The van der Waals surface area contributed by atoms with E-state index in [2.05, 4.69) is 49.3 Å². The molecular weight excluding hydrogens is 394 g/mol. The van der Waals surface area contributed by atoms with Crippen LogP contribution in [-0.4, -0.2) is 17.3 Å². The van der Waals surface area contributed by atoms with E-state index < -0.39 is 0 Å². The van der Waals surface area contributed by atoms with Gasteiger partial charge in [0.15, 0.2) is 0 Å². The van der Waals surface area contributed by atoms with E-state index in [1.165, 1.54) is 5.56 Å². The third-order valence-corrected chi connectivity index (χ3v) is 4.94. The molecule has 4 heteroatoms. The summed E-state index contributed by atoms with van der Waals surface area (Å²) in [6.45, 7) is 1.98. The van der Waals surface area contributed by atoms with Crippen molar-refractivity contribution in [1.82, 2.24) is 5.32 Å². The van der Waals surface area contributed by atoms with E-state index in [-0.39, 0.29) is 11.9 Å². The van der Waals surface area contributed by atoms with E-state index in [1.54, 1.807) is 0 Å². The van der Waals surface area contributed by atoms with Crippen LogP contribution < -0.4 is 5.32 Å². The maximum atomic E-state index is 12.3. The average molecular weight is 411 g/mol. The molecule has 0 saturated heterocycles. The minimum Gasteiger partial charge on any atom is -0.348 e. The molecule has 0 aliphatic carbocycles. The molecule has 21 heavy (non-hydrogen) atoms. The predicted molar refractivity (Wildman–Crippen MR) is 94.1 cm³/mol. The van der Waals surface area contributed by atoms with Gasteiger partial charge >= 0.3 is 0 Å². The Hall–Kier alpha value is -1.13. The van der Waals surface area contributed by atoms with Crippen LogP contribution in [0.4, 0.5) is 0 Å². The minimum atomic E-state index is -0.0361. The molecule has 0 fully saturated rings. The molecule has 0 aromatic heterocycles. The van der Waals surface area contributed by atoms with Gasteiger partial charge in [0.2, 0.25) is 0 Å². The minimum absolute atomic E-state index is 0.0361. The SMILES string of the molecule is Cc1cc(C(=O)NC(CBr)Cc2ccccc2)ccc1Br. The Morgan fingerprint density at radius 3 is 2.52 bits per heavy atom. The first-order valence-corrected chi connectivity index (χ1v) is 8.68. The summed E-state index contributed by atoms with van der Waals surface area (Å²) < 4.78 is 1.01. The molecule has 0 bridgehead atoms. The van der Waals surface area contributed by atoms with Crippen molar-refractivity contribution in [3.8, 4) is 0 Å². The molecular formula is C17H17Br2NO. The smallest absolute Gasteiger partial charge is 0.251 e. The van der Waals surface area contributed by atoms with Crippen molar-refractivity contribution in [3.63, 3.8) is 0 Å². The molecule has 1 atom stereocenters. The van der Waals surface area contributed by atoms with Gasteiger partial charge in [-0.05, 0) is 42.7 Å². The van der Waals surface area contributed by atoms with E-state index >= 15 is 0 Å². The first-order valence-electron chi connectivity index (χ1n) is 6.77. The first-order chi connectivity index (χ1) is 10.1. The van der Waals surface area contributed by atoms with Gasteiger partial charge in [-0.2, -0.15) is 0 Å². The topological polar surface area (TPSA) is 29.1 Å². The van der Waals surface area contributed by atoms with Crippen molar-refractivity contribution in [2.45, 2.75) is 19.4 Å². The van der Waals surface area contributed by atoms with Gasteiger partial charge in [-0.15, -0.1) is 0 Å². The summed E-state index contributed by atoms with van der Waals surface area (Å²) in [5.41, 5.74) is 2.96. The van der Waals surface area contributed by atoms with Gasteiger partial charge in [0, 0.05) is 21.4 Å². The molecule has 2 nitrogen and oxygen atoms in total. The number of nitrogens with one attached hydrogen (secondary N) is 1. The first kappa shape index (κ1) is 16.2. The van der Waals surface area contributed by atoms with Crippen molar-refractivity contribution < 1.29 is 4.79 Å². The number of rotatable bonds is 5. The van der Waals surface area contributed by atoms with Crippen LogP contribution in [0.25, 0.3) is 0 Å². The molecule has 0 spiro atoms. The number of benzene rings is 2. The second-order valence-electron chi connectivity index (χ2n) is 4.98. The van der Waals surface area contributed by atoms with Crippen molar-refractivity contribution in [3.05, 3.63) is 69.7 Å². The third kappa shape index (κ3) is 4.68. The maximum Gasteiger partial charge on any atom is 0.251 e. The number of hydrogen-bond donors (Lipinski definition) is 1. The Labute approximate surface area is 142 Å². The summed E-state index contributed by atoms with van der Waals surface area (Å²) in [6, 6.07) is 15.9. The number of hydrogen-bond acceptors (Lipinski definition) is 1. The summed E-state index contributed by atoms with van der Waals surface area (Å²) in [7, 11) is 0. The largest absolute Gasteiger partial charge is 0.348 e. The lowest BCUT2D eigenvalue weighted by molar-refractivity contribution is 0.0941. The molecule has 0 saturated carbocycles. The van der Waals surface area contributed by atoms with Gasteiger partial charge in [-0.25, -0.2) is 0 Å². The van der Waals surface area contributed by atoms with E-state index in [9.17, 15) is 4.79 Å². The van der Waals surface area contributed by atoms with Crippen LogP contribution in [0.2, 0.25) is 0 Å². The highest BCUT2D eigenvalue weighted by Crippen LogP contribution is 2.17. The molecule has 0 aliphatic heterocycles. The van der Waals surface area contributed by atoms with E-state index in [0.717, 1.165) is 21.8 Å². The molecule has 0 radical (unpaired) electrons. The van der Waals surface area contributed by atoms with Crippen LogP contribution in [-0.2, 0) is 6.42 Å². The van der Waals surface area contributed by atoms with Gasteiger partial charge in [0.05, 0.1) is 0 Å². The summed E-state index contributed by atoms with van der Waals surface area (Å²) in [5, 5.41) is 3.80. The Morgan fingerprint density at radius 2 is 1.90 bits per heavy atom. The molecule has 2 aromatic rings. The van der Waals surface area contributed by atoms with Crippen LogP contribution in [0, 0.1) is 6.92 Å². The van der Waals surface area contributed by atoms with Gasteiger partial charge in [-0.1, -0.05) is 62.2 Å². The zero-order valence-corrected chi connectivity index (χ0v) is 14.9. The van der Waals surface area contributed by atoms with Crippen molar-refractivity contribution in [2.75, 3.05) is 5.33 Å². The summed E-state index contributed by atoms with van der Waals surface area (Å²) in [6.07, 6.45) is 0.813. The Bertz CT molecular complexity index is 613. The fourth-order valence-electron chi connectivity index (χ4n) is 2.10. The van der Waals surface area contributed by atoms with Crippen LogP contribution >= 0.6 is 31.9 Å². The Balaban J connectivity index is 2.04. The van der Waals surface area contributed by atoms with Gasteiger partial charge in [0.25, 0.3) is 5.91 Å². The van der Waals surface area contributed by atoms with Gasteiger partial charge < -0.3 is 5.32 Å². The van der Waals surface area contributed by atoms with E-state index in [4.69, 9.17) is 0 Å². The number of aryl methyl sites for hydroxylation is 1. The van der Waals surface area contributed by atoms with Gasteiger partial charge in [-0.3, -0.25) is 4.79 Å². The molecule has 110 valence electrons. The molecule has 0 aliphatic rings. The monoisotopic (exact) mass is 409 g/mol. The molecule has 2 aromatic carbocycles. The molecule has 0 heterocycles. The number of carbonyl (C=O) groups is 1. The number of amides is 1.